The van der Waals surface area contributed by atoms with Gasteiger partial charge in [0.05, 0.1) is 6.33 Å². The zero-order chi connectivity index (χ0) is 16.9. The molecule has 2 amide bonds. The normalized spacial score (nSPS) is 11.7. The standard InChI is InChI=1S/C18H16N4O2/c19-17(23)16(13-4-2-1-3-5-13)21-18(24)14-6-8-15(9-7-14)22-11-10-20-12-22/h1-12,16H,(H2,19,23)(H,21,24). The minimum atomic E-state index is -0.868. The number of aromatic nitrogens is 2. The number of nitrogens with one attached hydrogen (secondary N) is 1. The molecule has 0 fully saturated rings. The molecule has 2 aromatic carbocycles. The summed E-state index contributed by atoms with van der Waals surface area (Å²) in [7, 11) is 0. The van der Waals surface area contributed by atoms with Crippen LogP contribution in [0.4, 0.5) is 0 Å². The molecule has 3 N–H and O–H groups in total. The summed E-state index contributed by atoms with van der Waals surface area (Å²) < 4.78 is 1.83. The number of hydrogen-bond donors (Lipinski definition) is 2. The molecule has 1 heterocycles. The lowest BCUT2D eigenvalue weighted by Crippen LogP contribution is -2.37. The van der Waals surface area contributed by atoms with Gasteiger partial charge >= 0.3 is 0 Å². The second kappa shape index (κ2) is 6.78. The molecule has 0 aliphatic carbocycles. The van der Waals surface area contributed by atoms with Crippen molar-refractivity contribution in [1.29, 1.82) is 0 Å². The summed E-state index contributed by atoms with van der Waals surface area (Å²) in [5.74, 6) is -0.968. The van der Waals surface area contributed by atoms with Gasteiger partial charge in [-0.1, -0.05) is 30.3 Å². The average molecular weight is 320 g/mol. The van der Waals surface area contributed by atoms with Gasteiger partial charge in [0, 0.05) is 23.6 Å². The van der Waals surface area contributed by atoms with E-state index in [0.717, 1.165) is 5.69 Å². The molecule has 0 saturated carbocycles. The lowest BCUT2D eigenvalue weighted by atomic mass is 10.1. The maximum absolute atomic E-state index is 12.4. The number of nitrogens with two attached hydrogens (primary N) is 1. The summed E-state index contributed by atoms with van der Waals surface area (Å²) >= 11 is 0. The maximum Gasteiger partial charge on any atom is 0.252 e. The van der Waals surface area contributed by atoms with E-state index >= 15 is 0 Å². The Labute approximate surface area is 138 Å². The van der Waals surface area contributed by atoms with Crippen LogP contribution in [0.15, 0.2) is 73.3 Å². The fourth-order valence-electron chi connectivity index (χ4n) is 2.38. The van der Waals surface area contributed by atoms with E-state index < -0.39 is 11.9 Å². The van der Waals surface area contributed by atoms with Crippen molar-refractivity contribution in [3.63, 3.8) is 0 Å². The minimum Gasteiger partial charge on any atom is -0.368 e. The maximum atomic E-state index is 12.4. The van der Waals surface area contributed by atoms with E-state index in [4.69, 9.17) is 5.73 Å². The van der Waals surface area contributed by atoms with Crippen molar-refractivity contribution in [2.75, 3.05) is 0 Å². The Bertz CT molecular complexity index is 827. The van der Waals surface area contributed by atoms with Crippen LogP contribution in [0.1, 0.15) is 22.0 Å². The molecule has 24 heavy (non-hydrogen) atoms. The number of rotatable bonds is 5. The third kappa shape index (κ3) is 3.33. The number of primary amides is 1. The molecule has 6 heteroatoms. The number of amides is 2. The van der Waals surface area contributed by atoms with Gasteiger partial charge in [-0.05, 0) is 29.8 Å². The number of hydrogen-bond acceptors (Lipinski definition) is 3. The Morgan fingerprint density at radius 1 is 1.04 bits per heavy atom. The topological polar surface area (TPSA) is 90.0 Å². The summed E-state index contributed by atoms with van der Waals surface area (Å²) in [6, 6.07) is 15.0. The van der Waals surface area contributed by atoms with Crippen molar-refractivity contribution in [3.05, 3.63) is 84.4 Å². The van der Waals surface area contributed by atoms with E-state index in [1.165, 1.54) is 0 Å². The van der Waals surface area contributed by atoms with Crippen LogP contribution in [0, 0.1) is 0 Å². The lowest BCUT2D eigenvalue weighted by molar-refractivity contribution is -0.120. The first kappa shape index (κ1) is 15.5. The summed E-state index contributed by atoms with van der Waals surface area (Å²) in [6.07, 6.45) is 5.17. The number of carbonyl (C=O) groups is 2. The fourth-order valence-corrected chi connectivity index (χ4v) is 2.38. The van der Waals surface area contributed by atoms with E-state index in [2.05, 4.69) is 10.3 Å². The van der Waals surface area contributed by atoms with Gasteiger partial charge in [-0.15, -0.1) is 0 Å². The van der Waals surface area contributed by atoms with Crippen LogP contribution in [0.2, 0.25) is 0 Å². The van der Waals surface area contributed by atoms with Crippen molar-refractivity contribution < 1.29 is 9.59 Å². The van der Waals surface area contributed by atoms with Crippen LogP contribution in [0.5, 0.6) is 0 Å². The molecule has 3 rings (SSSR count). The quantitative estimate of drug-likeness (QED) is 0.751. The Hall–Kier alpha value is -3.41. The van der Waals surface area contributed by atoms with E-state index in [0.29, 0.717) is 11.1 Å². The van der Waals surface area contributed by atoms with Gasteiger partial charge in [-0.3, -0.25) is 9.59 Å². The van der Waals surface area contributed by atoms with Crippen molar-refractivity contribution >= 4 is 11.8 Å². The van der Waals surface area contributed by atoms with E-state index in [1.54, 1.807) is 61.1 Å². The van der Waals surface area contributed by atoms with Crippen LogP contribution in [0.25, 0.3) is 5.69 Å². The van der Waals surface area contributed by atoms with Crippen LogP contribution in [-0.4, -0.2) is 21.4 Å². The summed E-state index contributed by atoms with van der Waals surface area (Å²) in [4.78, 5) is 28.0. The van der Waals surface area contributed by atoms with E-state index in [1.807, 2.05) is 16.8 Å². The van der Waals surface area contributed by atoms with Gasteiger partial charge in [-0.25, -0.2) is 4.98 Å². The molecule has 0 spiro atoms. The Kier molecular flexibility index (Phi) is 4.38. The first-order valence-corrected chi connectivity index (χ1v) is 7.38. The first-order chi connectivity index (χ1) is 11.6. The SMILES string of the molecule is NC(=O)C(NC(=O)c1ccc(-n2ccnc2)cc1)c1ccccc1. The lowest BCUT2D eigenvalue weighted by Gasteiger charge is -2.16. The van der Waals surface area contributed by atoms with Gasteiger partial charge in [0.15, 0.2) is 0 Å². The summed E-state index contributed by atoms with van der Waals surface area (Å²) in [5, 5.41) is 2.67. The number of imidazole rings is 1. The zero-order valence-electron chi connectivity index (χ0n) is 12.8. The smallest absolute Gasteiger partial charge is 0.252 e. The predicted octanol–water partition coefficient (Wildman–Crippen LogP) is 1.83. The number of benzene rings is 2. The number of carbonyl (C=O) groups excluding carboxylic acids is 2. The highest BCUT2D eigenvalue weighted by Crippen LogP contribution is 2.14. The Balaban J connectivity index is 1.77. The fraction of sp³-hybridized carbons (Fsp3) is 0.0556. The van der Waals surface area contributed by atoms with Crippen molar-refractivity contribution in [2.45, 2.75) is 6.04 Å². The largest absolute Gasteiger partial charge is 0.368 e. The van der Waals surface area contributed by atoms with Gasteiger partial charge in [0.25, 0.3) is 5.91 Å². The van der Waals surface area contributed by atoms with Gasteiger partial charge < -0.3 is 15.6 Å². The van der Waals surface area contributed by atoms with E-state index in [-0.39, 0.29) is 5.91 Å². The molecule has 0 aliphatic rings. The molecule has 3 aromatic rings. The Morgan fingerprint density at radius 3 is 2.33 bits per heavy atom. The van der Waals surface area contributed by atoms with Crippen LogP contribution < -0.4 is 11.1 Å². The summed E-state index contributed by atoms with van der Waals surface area (Å²) in [6.45, 7) is 0. The van der Waals surface area contributed by atoms with Crippen LogP contribution >= 0.6 is 0 Å². The van der Waals surface area contributed by atoms with Crippen LogP contribution in [0.3, 0.4) is 0 Å². The monoisotopic (exact) mass is 320 g/mol. The van der Waals surface area contributed by atoms with Gasteiger partial charge in [-0.2, -0.15) is 0 Å². The van der Waals surface area contributed by atoms with Crippen molar-refractivity contribution in [1.82, 2.24) is 14.9 Å². The van der Waals surface area contributed by atoms with Gasteiger partial charge in [0.2, 0.25) is 5.91 Å². The number of nitrogens with zero attached hydrogens (tertiary/aromatic N) is 2. The molecule has 0 saturated heterocycles. The molecule has 1 atom stereocenters. The molecule has 120 valence electrons. The molecule has 0 bridgehead atoms. The third-order valence-corrected chi connectivity index (χ3v) is 3.62. The zero-order valence-corrected chi connectivity index (χ0v) is 12.8. The molecule has 0 radical (unpaired) electrons. The molecular formula is C18H16N4O2. The highest BCUT2D eigenvalue weighted by Gasteiger charge is 2.20. The molecule has 1 aromatic heterocycles. The van der Waals surface area contributed by atoms with Crippen molar-refractivity contribution in [2.24, 2.45) is 5.73 Å². The molecule has 1 unspecified atom stereocenters. The van der Waals surface area contributed by atoms with Gasteiger partial charge in [0.1, 0.15) is 6.04 Å². The van der Waals surface area contributed by atoms with Crippen molar-refractivity contribution in [3.8, 4) is 5.69 Å². The van der Waals surface area contributed by atoms with Crippen LogP contribution in [-0.2, 0) is 4.79 Å². The highest BCUT2D eigenvalue weighted by atomic mass is 16.2. The Morgan fingerprint density at radius 2 is 1.75 bits per heavy atom. The summed E-state index contributed by atoms with van der Waals surface area (Å²) in [5.41, 5.74) is 7.40. The molecule has 6 nitrogen and oxygen atoms in total. The first-order valence-electron chi connectivity index (χ1n) is 7.38. The minimum absolute atomic E-state index is 0.361. The average Bonchev–Trinajstić information content (AvgIpc) is 3.15. The third-order valence-electron chi connectivity index (χ3n) is 3.62. The molecular weight excluding hydrogens is 304 g/mol. The van der Waals surface area contributed by atoms with E-state index in [9.17, 15) is 9.59 Å². The second-order valence-electron chi connectivity index (χ2n) is 5.24. The molecule has 0 aliphatic heterocycles. The second-order valence-corrected chi connectivity index (χ2v) is 5.24. The predicted molar refractivity (Wildman–Crippen MR) is 89.4 cm³/mol. The highest BCUT2D eigenvalue weighted by molar-refractivity contribution is 5.97.